The monoisotopic (exact) mass is 434 g/mol. The van der Waals surface area contributed by atoms with Gasteiger partial charge in [0.25, 0.3) is 5.91 Å². The van der Waals surface area contributed by atoms with Crippen molar-refractivity contribution in [1.29, 1.82) is 0 Å². The molecule has 1 amide bonds. The van der Waals surface area contributed by atoms with Gasteiger partial charge in [-0.25, -0.2) is 0 Å². The molecule has 2 aromatic carbocycles. The van der Waals surface area contributed by atoms with Crippen LogP contribution in [-0.4, -0.2) is 17.6 Å². The number of hydrogen-bond acceptors (Lipinski definition) is 3. The maximum Gasteiger partial charge on any atom is 0.257 e. The predicted octanol–water partition coefficient (Wildman–Crippen LogP) is 5.54. The van der Waals surface area contributed by atoms with Gasteiger partial charge in [0.05, 0.1) is 6.61 Å². The minimum Gasteiger partial charge on any atom is -0.494 e. The van der Waals surface area contributed by atoms with Gasteiger partial charge in [-0.2, -0.15) is 0 Å². The molecule has 0 aliphatic carbocycles. The highest BCUT2D eigenvalue weighted by Gasteiger charge is 2.08. The third-order valence-electron chi connectivity index (χ3n) is 3.69. The molecule has 0 saturated heterocycles. The van der Waals surface area contributed by atoms with Gasteiger partial charge in [-0.3, -0.25) is 10.1 Å². The molecule has 0 aliphatic heterocycles. The van der Waals surface area contributed by atoms with E-state index >= 15 is 0 Å². The lowest BCUT2D eigenvalue weighted by Crippen LogP contribution is -2.34. The van der Waals surface area contributed by atoms with Crippen molar-refractivity contribution < 1.29 is 9.53 Å². The first-order valence-electron chi connectivity index (χ1n) is 8.69. The van der Waals surface area contributed by atoms with Crippen molar-refractivity contribution in [3.63, 3.8) is 0 Å². The third kappa shape index (κ3) is 7.14. The molecule has 0 aromatic heterocycles. The number of thiocarbonyl (C=S) groups is 1. The second kappa shape index (κ2) is 10.9. The van der Waals surface area contributed by atoms with Gasteiger partial charge >= 0.3 is 0 Å². The van der Waals surface area contributed by atoms with Gasteiger partial charge in [0.1, 0.15) is 5.75 Å². The zero-order chi connectivity index (χ0) is 18.8. The first kappa shape index (κ1) is 20.4. The van der Waals surface area contributed by atoms with E-state index in [1.165, 1.54) is 19.3 Å². The predicted molar refractivity (Wildman–Crippen MR) is 114 cm³/mol. The summed E-state index contributed by atoms with van der Waals surface area (Å²) in [4.78, 5) is 12.2. The van der Waals surface area contributed by atoms with Gasteiger partial charge in [-0.15, -0.1) is 0 Å². The summed E-state index contributed by atoms with van der Waals surface area (Å²) in [5.41, 5.74) is 1.33. The number of carbonyl (C=O) groups is 1. The number of rotatable bonds is 8. The molecule has 0 radical (unpaired) electrons. The molecule has 0 heterocycles. The Balaban J connectivity index is 1.79. The minimum absolute atomic E-state index is 0.253. The van der Waals surface area contributed by atoms with Crippen molar-refractivity contribution in [2.45, 2.75) is 32.6 Å². The Morgan fingerprint density at radius 3 is 2.58 bits per heavy atom. The highest BCUT2D eigenvalue weighted by atomic mass is 79.9. The summed E-state index contributed by atoms with van der Waals surface area (Å²) in [7, 11) is 0. The highest BCUT2D eigenvalue weighted by molar-refractivity contribution is 9.10. The number of amides is 1. The van der Waals surface area contributed by atoms with E-state index in [1.54, 1.807) is 18.2 Å². The Kier molecular flexibility index (Phi) is 8.58. The molecule has 2 N–H and O–H groups in total. The zero-order valence-corrected chi connectivity index (χ0v) is 17.2. The van der Waals surface area contributed by atoms with Crippen LogP contribution < -0.4 is 15.4 Å². The van der Waals surface area contributed by atoms with Crippen LogP contribution in [0, 0.1) is 0 Å². The summed E-state index contributed by atoms with van der Waals surface area (Å²) in [5.74, 6) is 0.576. The molecule has 26 heavy (non-hydrogen) atoms. The van der Waals surface area contributed by atoms with Crippen LogP contribution in [0.15, 0.2) is 53.0 Å². The molecule has 0 aliphatic rings. The molecule has 2 aromatic rings. The number of carbonyl (C=O) groups excluding carboxylic acids is 1. The Hall–Kier alpha value is -1.92. The lowest BCUT2D eigenvalue weighted by Gasteiger charge is -2.11. The summed E-state index contributed by atoms with van der Waals surface area (Å²) in [6, 6.07) is 14.7. The average molecular weight is 435 g/mol. The van der Waals surface area contributed by atoms with E-state index in [2.05, 4.69) is 33.5 Å². The van der Waals surface area contributed by atoms with Crippen LogP contribution in [0.1, 0.15) is 43.0 Å². The molecule has 0 bridgehead atoms. The highest BCUT2D eigenvalue weighted by Crippen LogP contribution is 2.16. The lowest BCUT2D eigenvalue weighted by molar-refractivity contribution is 0.0977. The van der Waals surface area contributed by atoms with E-state index in [4.69, 9.17) is 17.0 Å². The normalized spacial score (nSPS) is 10.2. The van der Waals surface area contributed by atoms with Crippen LogP contribution >= 0.6 is 28.1 Å². The Bertz CT molecular complexity index is 735. The summed E-state index contributed by atoms with van der Waals surface area (Å²) < 4.78 is 6.55. The van der Waals surface area contributed by atoms with E-state index in [-0.39, 0.29) is 11.0 Å². The second-order valence-electron chi connectivity index (χ2n) is 5.85. The van der Waals surface area contributed by atoms with Crippen LogP contribution in [0.2, 0.25) is 0 Å². The summed E-state index contributed by atoms with van der Waals surface area (Å²) in [6.45, 7) is 2.92. The van der Waals surface area contributed by atoms with E-state index in [0.717, 1.165) is 28.9 Å². The quantitative estimate of drug-likeness (QED) is 0.423. The standard InChI is InChI=1S/C20H23BrN2O2S/c1-2-3-4-5-13-25-18-11-9-17(10-12-18)22-20(26)23-19(24)15-7-6-8-16(21)14-15/h6-12,14H,2-5,13H2,1H3,(H2,22,23,24,26). The van der Waals surface area contributed by atoms with Gasteiger partial charge in [0, 0.05) is 15.7 Å². The van der Waals surface area contributed by atoms with Crippen molar-refractivity contribution >= 4 is 44.9 Å². The van der Waals surface area contributed by atoms with Gasteiger partial charge in [-0.05, 0) is 61.1 Å². The molecule has 0 atom stereocenters. The average Bonchev–Trinajstić information content (AvgIpc) is 2.63. The molecule has 0 fully saturated rings. The zero-order valence-electron chi connectivity index (χ0n) is 14.8. The largest absolute Gasteiger partial charge is 0.494 e. The molecule has 6 heteroatoms. The van der Waals surface area contributed by atoms with E-state index < -0.39 is 0 Å². The maximum absolute atomic E-state index is 12.2. The number of ether oxygens (including phenoxy) is 1. The van der Waals surface area contributed by atoms with Gasteiger partial charge < -0.3 is 10.1 Å². The fourth-order valence-corrected chi connectivity index (χ4v) is 2.93. The summed E-state index contributed by atoms with van der Waals surface area (Å²) in [6.07, 6.45) is 4.73. The van der Waals surface area contributed by atoms with E-state index in [0.29, 0.717) is 5.56 Å². The van der Waals surface area contributed by atoms with Crippen LogP contribution in [0.25, 0.3) is 0 Å². The molecule has 0 spiro atoms. The van der Waals surface area contributed by atoms with Crippen molar-refractivity contribution in [3.8, 4) is 5.75 Å². The molecule has 0 saturated carbocycles. The fourth-order valence-electron chi connectivity index (χ4n) is 2.32. The number of unbranched alkanes of at least 4 members (excludes halogenated alkanes) is 3. The molecule has 4 nitrogen and oxygen atoms in total. The Morgan fingerprint density at radius 1 is 1.12 bits per heavy atom. The van der Waals surface area contributed by atoms with Crippen LogP contribution in [0.3, 0.4) is 0 Å². The van der Waals surface area contributed by atoms with Gasteiger partial charge in [0.15, 0.2) is 5.11 Å². The van der Waals surface area contributed by atoms with Crippen LogP contribution in [0.5, 0.6) is 5.75 Å². The van der Waals surface area contributed by atoms with Crippen LogP contribution in [0.4, 0.5) is 5.69 Å². The van der Waals surface area contributed by atoms with Gasteiger partial charge in [0.2, 0.25) is 0 Å². The topological polar surface area (TPSA) is 50.4 Å². The molecule has 0 unspecified atom stereocenters. The van der Waals surface area contributed by atoms with Crippen molar-refractivity contribution in [1.82, 2.24) is 5.32 Å². The first-order valence-corrected chi connectivity index (χ1v) is 9.89. The number of hydrogen-bond donors (Lipinski definition) is 2. The number of halogens is 1. The number of nitrogens with one attached hydrogen (secondary N) is 2. The third-order valence-corrected chi connectivity index (χ3v) is 4.39. The van der Waals surface area contributed by atoms with Crippen molar-refractivity contribution in [2.75, 3.05) is 11.9 Å². The molecule has 2 rings (SSSR count). The van der Waals surface area contributed by atoms with Crippen molar-refractivity contribution in [3.05, 3.63) is 58.6 Å². The first-order chi connectivity index (χ1) is 12.6. The second-order valence-corrected chi connectivity index (χ2v) is 7.18. The van der Waals surface area contributed by atoms with E-state index in [1.807, 2.05) is 30.3 Å². The number of benzene rings is 2. The Labute approximate surface area is 168 Å². The van der Waals surface area contributed by atoms with Crippen molar-refractivity contribution in [2.24, 2.45) is 0 Å². The minimum atomic E-state index is -0.254. The SMILES string of the molecule is CCCCCCOc1ccc(NC(=S)NC(=O)c2cccc(Br)c2)cc1. The molecular weight excluding hydrogens is 412 g/mol. The lowest BCUT2D eigenvalue weighted by atomic mass is 10.2. The maximum atomic E-state index is 12.2. The van der Waals surface area contributed by atoms with E-state index in [9.17, 15) is 4.79 Å². The fraction of sp³-hybridized carbons (Fsp3) is 0.300. The summed E-state index contributed by atoms with van der Waals surface area (Å²) >= 11 is 8.55. The summed E-state index contributed by atoms with van der Waals surface area (Å²) in [5, 5.41) is 5.92. The molecular formula is C20H23BrN2O2S. The van der Waals surface area contributed by atoms with Crippen LogP contribution in [-0.2, 0) is 0 Å². The smallest absolute Gasteiger partial charge is 0.257 e. The molecule has 138 valence electrons. The Morgan fingerprint density at radius 2 is 1.88 bits per heavy atom. The number of anilines is 1. The van der Waals surface area contributed by atoms with Gasteiger partial charge in [-0.1, -0.05) is 48.2 Å².